The lowest BCUT2D eigenvalue weighted by Gasteiger charge is -2.28. The van der Waals surface area contributed by atoms with E-state index in [1.165, 1.54) is 25.9 Å². The normalized spacial score (nSPS) is 15.8. The molecule has 128 valence electrons. The zero-order chi connectivity index (χ0) is 16.9. The van der Waals surface area contributed by atoms with Gasteiger partial charge < -0.3 is 15.0 Å². The average molecular weight is 357 g/mol. The van der Waals surface area contributed by atoms with E-state index in [1.807, 2.05) is 32.0 Å². The van der Waals surface area contributed by atoms with Crippen molar-refractivity contribution in [2.75, 3.05) is 37.3 Å². The maximum Gasteiger partial charge on any atom is 0.234 e. The van der Waals surface area contributed by atoms with Crippen LogP contribution in [0.25, 0.3) is 0 Å². The van der Waals surface area contributed by atoms with Crippen LogP contribution in [0.5, 0.6) is 0 Å². The van der Waals surface area contributed by atoms with E-state index in [0.717, 1.165) is 12.1 Å². The fraction of sp³-hybridized carbons (Fsp3) is 0.588. The number of hydrogen-bond acceptors (Lipinski definition) is 4. The number of benzene rings is 1. The van der Waals surface area contributed by atoms with Crippen LogP contribution >= 0.6 is 24.2 Å². The molecule has 1 amide bonds. The van der Waals surface area contributed by atoms with Crippen LogP contribution in [0.15, 0.2) is 18.2 Å². The largest absolute Gasteiger partial charge is 0.370 e. The van der Waals surface area contributed by atoms with Gasteiger partial charge in [0.25, 0.3) is 0 Å². The number of anilines is 1. The maximum absolute atomic E-state index is 11.4. The Morgan fingerprint density at radius 2 is 2.09 bits per heavy atom. The molecule has 0 bridgehead atoms. The van der Waals surface area contributed by atoms with Crippen LogP contribution in [0.1, 0.15) is 32.3 Å². The molecule has 0 spiro atoms. The number of carbonyl (C=O) groups excluding carboxylic acids is 1. The second-order valence-electron chi connectivity index (χ2n) is 6.31. The molecular formula is C17H25ClN2O2S. The van der Waals surface area contributed by atoms with Gasteiger partial charge in [0.05, 0.1) is 28.7 Å². The smallest absolute Gasteiger partial charge is 0.234 e. The standard InChI is InChI=1S/C17H25ClN2O2S/c1-17(2,22-10-9-20-7-3-4-8-20)13-5-6-15(14(18)11-13)19-16(21)12-23/h5-6,11,23H,3-4,7-10,12H2,1-2H3,(H,19,21). The molecule has 6 heteroatoms. The molecule has 1 N–H and O–H groups in total. The summed E-state index contributed by atoms with van der Waals surface area (Å²) in [6.45, 7) is 8.09. The lowest BCUT2D eigenvalue weighted by atomic mass is 9.97. The van der Waals surface area contributed by atoms with Crippen molar-refractivity contribution in [1.29, 1.82) is 0 Å². The molecule has 1 aromatic rings. The van der Waals surface area contributed by atoms with Gasteiger partial charge in [0.1, 0.15) is 0 Å². The van der Waals surface area contributed by atoms with Gasteiger partial charge in [0, 0.05) is 6.54 Å². The van der Waals surface area contributed by atoms with Gasteiger partial charge in [-0.1, -0.05) is 17.7 Å². The Balaban J connectivity index is 1.95. The lowest BCUT2D eigenvalue weighted by molar-refractivity contribution is -0.113. The van der Waals surface area contributed by atoms with Crippen LogP contribution in [0.4, 0.5) is 5.69 Å². The fourth-order valence-electron chi connectivity index (χ4n) is 2.70. The predicted molar refractivity (Wildman–Crippen MR) is 98.6 cm³/mol. The monoisotopic (exact) mass is 356 g/mol. The Morgan fingerprint density at radius 1 is 1.39 bits per heavy atom. The van der Waals surface area contributed by atoms with Crippen molar-refractivity contribution < 1.29 is 9.53 Å². The minimum atomic E-state index is -0.421. The first-order valence-electron chi connectivity index (χ1n) is 7.99. The summed E-state index contributed by atoms with van der Waals surface area (Å²) in [4.78, 5) is 13.8. The third kappa shape index (κ3) is 5.38. The van der Waals surface area contributed by atoms with E-state index in [4.69, 9.17) is 16.3 Å². The highest BCUT2D eigenvalue weighted by Crippen LogP contribution is 2.31. The van der Waals surface area contributed by atoms with Gasteiger partial charge in [0.15, 0.2) is 0 Å². The van der Waals surface area contributed by atoms with Crippen LogP contribution in [0.3, 0.4) is 0 Å². The van der Waals surface area contributed by atoms with Gasteiger partial charge in [0.2, 0.25) is 5.91 Å². The molecule has 0 aliphatic carbocycles. The minimum absolute atomic E-state index is 0.128. The molecule has 0 saturated carbocycles. The van der Waals surface area contributed by atoms with Crippen LogP contribution in [-0.4, -0.2) is 42.8 Å². The van der Waals surface area contributed by atoms with E-state index in [2.05, 4.69) is 22.8 Å². The molecule has 1 saturated heterocycles. The lowest BCUT2D eigenvalue weighted by Crippen LogP contribution is -2.29. The third-order valence-electron chi connectivity index (χ3n) is 4.15. The molecule has 23 heavy (non-hydrogen) atoms. The molecule has 0 radical (unpaired) electrons. The minimum Gasteiger partial charge on any atom is -0.370 e. The SMILES string of the molecule is CC(C)(OCCN1CCCC1)c1ccc(NC(=O)CS)c(Cl)c1. The number of halogens is 1. The predicted octanol–water partition coefficient (Wildman–Crippen LogP) is 3.56. The Bertz CT molecular complexity index is 545. The summed E-state index contributed by atoms with van der Waals surface area (Å²) in [5.41, 5.74) is 1.17. The molecular weight excluding hydrogens is 332 g/mol. The molecule has 1 aromatic carbocycles. The number of ether oxygens (including phenoxy) is 1. The fourth-order valence-corrected chi connectivity index (χ4v) is 3.01. The van der Waals surface area contributed by atoms with Gasteiger partial charge >= 0.3 is 0 Å². The van der Waals surface area contributed by atoms with Crippen molar-refractivity contribution in [3.05, 3.63) is 28.8 Å². The van der Waals surface area contributed by atoms with Crippen LogP contribution in [-0.2, 0) is 15.1 Å². The van der Waals surface area contributed by atoms with Gasteiger partial charge in [-0.3, -0.25) is 4.79 Å². The summed E-state index contributed by atoms with van der Waals surface area (Å²) in [6, 6.07) is 5.60. The van der Waals surface area contributed by atoms with E-state index < -0.39 is 5.60 Å². The zero-order valence-electron chi connectivity index (χ0n) is 13.8. The summed E-state index contributed by atoms with van der Waals surface area (Å²) in [7, 11) is 0. The van der Waals surface area contributed by atoms with Gasteiger partial charge in [-0.2, -0.15) is 12.6 Å². The van der Waals surface area contributed by atoms with E-state index in [0.29, 0.717) is 17.3 Å². The second kappa shape index (κ2) is 8.38. The number of amides is 1. The quantitative estimate of drug-likeness (QED) is 0.734. The van der Waals surface area contributed by atoms with Crippen LogP contribution in [0, 0.1) is 0 Å². The number of thiol groups is 1. The summed E-state index contributed by atoms with van der Waals surface area (Å²) < 4.78 is 6.07. The molecule has 2 rings (SSSR count). The molecule has 1 aliphatic rings. The second-order valence-corrected chi connectivity index (χ2v) is 7.03. The van der Waals surface area contributed by atoms with E-state index >= 15 is 0 Å². The number of carbonyl (C=O) groups is 1. The topological polar surface area (TPSA) is 41.6 Å². The van der Waals surface area contributed by atoms with Crippen molar-refractivity contribution in [1.82, 2.24) is 4.90 Å². The van der Waals surface area contributed by atoms with Crippen molar-refractivity contribution in [3.63, 3.8) is 0 Å². The van der Waals surface area contributed by atoms with Gasteiger partial charge in [-0.05, 0) is 57.5 Å². The maximum atomic E-state index is 11.4. The number of nitrogens with one attached hydrogen (secondary N) is 1. The van der Waals surface area contributed by atoms with Crippen LogP contribution < -0.4 is 5.32 Å². The van der Waals surface area contributed by atoms with Crippen molar-refractivity contribution >= 4 is 35.8 Å². The number of hydrogen-bond donors (Lipinski definition) is 2. The first-order valence-corrected chi connectivity index (χ1v) is 9.00. The Labute approximate surface area is 148 Å². The zero-order valence-corrected chi connectivity index (χ0v) is 15.4. The third-order valence-corrected chi connectivity index (χ3v) is 4.75. The number of likely N-dealkylation sites (tertiary alicyclic amines) is 1. The Kier molecular flexibility index (Phi) is 6.77. The summed E-state index contributed by atoms with van der Waals surface area (Å²) in [5, 5.41) is 3.23. The van der Waals surface area contributed by atoms with Gasteiger partial charge in [-0.15, -0.1) is 0 Å². The molecule has 0 aromatic heterocycles. The molecule has 0 atom stereocenters. The van der Waals surface area contributed by atoms with Crippen molar-refractivity contribution in [2.45, 2.75) is 32.3 Å². The van der Waals surface area contributed by atoms with Crippen LogP contribution in [0.2, 0.25) is 5.02 Å². The Morgan fingerprint density at radius 3 is 2.70 bits per heavy atom. The van der Waals surface area contributed by atoms with Crippen molar-refractivity contribution in [3.8, 4) is 0 Å². The Hall–Kier alpha value is -0.750. The first kappa shape index (κ1) is 18.6. The van der Waals surface area contributed by atoms with Gasteiger partial charge in [-0.25, -0.2) is 0 Å². The van der Waals surface area contributed by atoms with Crippen molar-refractivity contribution in [2.24, 2.45) is 0 Å². The highest BCUT2D eigenvalue weighted by atomic mass is 35.5. The first-order chi connectivity index (χ1) is 10.9. The van der Waals surface area contributed by atoms with E-state index in [9.17, 15) is 4.79 Å². The molecule has 1 heterocycles. The molecule has 4 nitrogen and oxygen atoms in total. The average Bonchev–Trinajstić information content (AvgIpc) is 3.02. The summed E-state index contributed by atoms with van der Waals surface area (Å²) >= 11 is 10.2. The highest BCUT2D eigenvalue weighted by Gasteiger charge is 2.23. The summed E-state index contributed by atoms with van der Waals surface area (Å²) in [5.74, 6) is -0.0486. The number of nitrogens with zero attached hydrogens (tertiary/aromatic N) is 1. The van der Waals surface area contributed by atoms with E-state index in [-0.39, 0.29) is 11.7 Å². The molecule has 1 aliphatic heterocycles. The molecule has 0 unspecified atom stereocenters. The summed E-state index contributed by atoms with van der Waals surface area (Å²) in [6.07, 6.45) is 2.58. The number of rotatable bonds is 7. The van der Waals surface area contributed by atoms with E-state index in [1.54, 1.807) is 0 Å². The highest BCUT2D eigenvalue weighted by molar-refractivity contribution is 7.81. The molecule has 1 fully saturated rings.